The number of rotatable bonds is 1. The summed E-state index contributed by atoms with van der Waals surface area (Å²) < 4.78 is 0. The topological polar surface area (TPSA) is 51.8 Å². The summed E-state index contributed by atoms with van der Waals surface area (Å²) in [4.78, 5) is 7.90. The molecule has 0 atom stereocenters. The minimum atomic E-state index is 0.369. The molecular formula is C8H11N3. The quantitative estimate of drug-likeness (QED) is 0.655. The molecule has 0 saturated heterocycles. The van der Waals surface area contributed by atoms with Gasteiger partial charge in [-0.3, -0.25) is 0 Å². The number of aromatic nitrogens is 2. The lowest BCUT2D eigenvalue weighted by Crippen LogP contribution is -2.09. The van der Waals surface area contributed by atoms with Gasteiger partial charge in [-0.15, -0.1) is 0 Å². The molecule has 0 aliphatic heterocycles. The smallest absolute Gasteiger partial charge is 0.219 e. The van der Waals surface area contributed by atoms with Crippen LogP contribution in [-0.4, -0.2) is 9.97 Å². The molecule has 0 spiro atoms. The van der Waals surface area contributed by atoms with Crippen molar-refractivity contribution < 1.29 is 0 Å². The minimum absolute atomic E-state index is 0.369. The van der Waals surface area contributed by atoms with Crippen molar-refractivity contribution in [3.8, 4) is 0 Å². The highest BCUT2D eigenvalue weighted by Crippen LogP contribution is 2.35. The number of hydrogen-bond donors (Lipinski definition) is 1. The molecule has 0 aromatic carbocycles. The van der Waals surface area contributed by atoms with Crippen molar-refractivity contribution in [2.45, 2.75) is 25.2 Å². The van der Waals surface area contributed by atoms with Gasteiger partial charge in [0.2, 0.25) is 5.95 Å². The fraction of sp³-hybridized carbons (Fsp3) is 0.500. The average molecular weight is 149 g/mol. The molecular weight excluding hydrogens is 138 g/mol. The maximum absolute atomic E-state index is 5.36. The summed E-state index contributed by atoms with van der Waals surface area (Å²) in [5.41, 5.74) is 6.61. The number of anilines is 1. The molecule has 1 saturated carbocycles. The molecule has 2 N–H and O–H groups in total. The van der Waals surface area contributed by atoms with Gasteiger partial charge in [0.1, 0.15) is 0 Å². The Hall–Kier alpha value is -1.12. The highest BCUT2D eigenvalue weighted by molar-refractivity contribution is 5.21. The van der Waals surface area contributed by atoms with Gasteiger partial charge in [0.15, 0.2) is 0 Å². The molecule has 1 aliphatic rings. The third kappa shape index (κ3) is 1.18. The van der Waals surface area contributed by atoms with E-state index >= 15 is 0 Å². The molecule has 2 rings (SSSR count). The van der Waals surface area contributed by atoms with E-state index in [0.717, 1.165) is 0 Å². The number of nitrogens with two attached hydrogens (primary N) is 1. The van der Waals surface area contributed by atoms with Crippen LogP contribution in [0.4, 0.5) is 5.95 Å². The number of nitrogen functional groups attached to an aromatic ring is 1. The Bertz CT molecular complexity index is 238. The summed E-state index contributed by atoms with van der Waals surface area (Å²) in [5, 5.41) is 0. The van der Waals surface area contributed by atoms with Gasteiger partial charge in [0, 0.05) is 12.4 Å². The zero-order chi connectivity index (χ0) is 7.68. The SMILES string of the molecule is Nc1ncc(C2CCC2)cn1. The Morgan fingerprint density at radius 1 is 1.27 bits per heavy atom. The van der Waals surface area contributed by atoms with E-state index < -0.39 is 0 Å². The van der Waals surface area contributed by atoms with Gasteiger partial charge in [-0.1, -0.05) is 6.42 Å². The summed E-state index contributed by atoms with van der Waals surface area (Å²) in [6.45, 7) is 0. The Morgan fingerprint density at radius 3 is 2.36 bits per heavy atom. The van der Waals surface area contributed by atoms with Crippen molar-refractivity contribution >= 4 is 5.95 Å². The van der Waals surface area contributed by atoms with E-state index in [2.05, 4.69) is 9.97 Å². The van der Waals surface area contributed by atoms with Crippen LogP contribution in [0.25, 0.3) is 0 Å². The lowest BCUT2D eigenvalue weighted by Gasteiger charge is -2.24. The molecule has 0 bridgehead atoms. The monoisotopic (exact) mass is 149 g/mol. The van der Waals surface area contributed by atoms with Crippen molar-refractivity contribution in [1.29, 1.82) is 0 Å². The van der Waals surface area contributed by atoms with E-state index in [9.17, 15) is 0 Å². The Labute approximate surface area is 65.7 Å². The van der Waals surface area contributed by atoms with Gasteiger partial charge >= 0.3 is 0 Å². The van der Waals surface area contributed by atoms with Crippen molar-refractivity contribution in [2.24, 2.45) is 0 Å². The third-order valence-corrected chi connectivity index (χ3v) is 2.27. The highest BCUT2D eigenvalue weighted by Gasteiger charge is 2.19. The van der Waals surface area contributed by atoms with Crippen molar-refractivity contribution in [2.75, 3.05) is 5.73 Å². The maximum atomic E-state index is 5.36. The fourth-order valence-corrected chi connectivity index (χ4v) is 1.30. The minimum Gasteiger partial charge on any atom is -0.368 e. The first-order valence-corrected chi connectivity index (χ1v) is 3.93. The number of nitrogens with zero attached hydrogens (tertiary/aromatic N) is 2. The lowest BCUT2D eigenvalue weighted by molar-refractivity contribution is 0.418. The van der Waals surface area contributed by atoms with Crippen LogP contribution in [-0.2, 0) is 0 Å². The summed E-state index contributed by atoms with van der Waals surface area (Å²) in [6.07, 6.45) is 7.59. The van der Waals surface area contributed by atoms with Crippen molar-refractivity contribution in [3.05, 3.63) is 18.0 Å². The normalized spacial score (nSPS) is 17.8. The van der Waals surface area contributed by atoms with Gasteiger partial charge < -0.3 is 5.73 Å². The largest absolute Gasteiger partial charge is 0.368 e. The van der Waals surface area contributed by atoms with Crippen LogP contribution in [0.15, 0.2) is 12.4 Å². The molecule has 1 aliphatic carbocycles. The zero-order valence-corrected chi connectivity index (χ0v) is 6.33. The van der Waals surface area contributed by atoms with E-state index in [4.69, 9.17) is 5.73 Å². The summed E-state index contributed by atoms with van der Waals surface area (Å²) in [6, 6.07) is 0. The van der Waals surface area contributed by atoms with Crippen molar-refractivity contribution in [1.82, 2.24) is 9.97 Å². The second kappa shape index (κ2) is 2.49. The molecule has 1 aromatic heterocycles. The van der Waals surface area contributed by atoms with Gasteiger partial charge in [0.25, 0.3) is 0 Å². The van der Waals surface area contributed by atoms with Crippen molar-refractivity contribution in [3.63, 3.8) is 0 Å². The van der Waals surface area contributed by atoms with Crippen LogP contribution < -0.4 is 5.73 Å². The van der Waals surface area contributed by atoms with E-state index in [-0.39, 0.29) is 0 Å². The van der Waals surface area contributed by atoms with Crippen LogP contribution in [0.1, 0.15) is 30.7 Å². The number of hydrogen-bond acceptors (Lipinski definition) is 3. The maximum Gasteiger partial charge on any atom is 0.219 e. The van der Waals surface area contributed by atoms with E-state index in [1.807, 2.05) is 12.4 Å². The Kier molecular flexibility index (Phi) is 1.49. The molecule has 1 fully saturated rings. The second-order valence-electron chi connectivity index (χ2n) is 3.00. The van der Waals surface area contributed by atoms with Crippen LogP contribution >= 0.6 is 0 Å². The lowest BCUT2D eigenvalue weighted by atomic mass is 9.81. The summed E-state index contributed by atoms with van der Waals surface area (Å²) in [7, 11) is 0. The molecule has 0 unspecified atom stereocenters. The van der Waals surface area contributed by atoms with Gasteiger partial charge in [0.05, 0.1) is 0 Å². The predicted octanol–water partition coefficient (Wildman–Crippen LogP) is 1.33. The van der Waals surface area contributed by atoms with Crippen LogP contribution in [0.2, 0.25) is 0 Å². The van der Waals surface area contributed by atoms with Gasteiger partial charge in [-0.25, -0.2) is 9.97 Å². The molecule has 58 valence electrons. The molecule has 11 heavy (non-hydrogen) atoms. The van der Waals surface area contributed by atoms with Gasteiger partial charge in [-0.2, -0.15) is 0 Å². The highest BCUT2D eigenvalue weighted by atomic mass is 15.0. The summed E-state index contributed by atoms with van der Waals surface area (Å²) in [5.74, 6) is 1.07. The predicted molar refractivity (Wildman–Crippen MR) is 43.0 cm³/mol. The molecule has 3 nitrogen and oxygen atoms in total. The Morgan fingerprint density at radius 2 is 1.91 bits per heavy atom. The fourth-order valence-electron chi connectivity index (χ4n) is 1.30. The van der Waals surface area contributed by atoms with Crippen LogP contribution in [0.3, 0.4) is 0 Å². The van der Waals surface area contributed by atoms with Crippen LogP contribution in [0.5, 0.6) is 0 Å². The average Bonchev–Trinajstić information content (AvgIpc) is 1.90. The molecule has 3 heteroatoms. The van der Waals surface area contributed by atoms with Gasteiger partial charge in [-0.05, 0) is 24.3 Å². The Balaban J connectivity index is 2.18. The molecule has 0 radical (unpaired) electrons. The first kappa shape index (κ1) is 6.58. The molecule has 0 amide bonds. The standard InChI is InChI=1S/C8H11N3/c9-8-10-4-7(5-11-8)6-2-1-3-6/h4-6H,1-3H2,(H2,9,10,11). The molecule has 1 aromatic rings. The zero-order valence-electron chi connectivity index (χ0n) is 6.33. The summed E-state index contributed by atoms with van der Waals surface area (Å²) >= 11 is 0. The second-order valence-corrected chi connectivity index (χ2v) is 3.00. The van der Waals surface area contributed by atoms with E-state index in [1.165, 1.54) is 24.8 Å². The first-order valence-electron chi connectivity index (χ1n) is 3.93. The first-order chi connectivity index (χ1) is 5.36. The van der Waals surface area contributed by atoms with Crippen LogP contribution in [0, 0.1) is 0 Å². The third-order valence-electron chi connectivity index (χ3n) is 2.27. The van der Waals surface area contributed by atoms with E-state index in [1.54, 1.807) is 0 Å². The van der Waals surface area contributed by atoms with E-state index in [0.29, 0.717) is 11.9 Å². The molecule has 1 heterocycles.